The zero-order valence-corrected chi connectivity index (χ0v) is 34.6. The lowest BCUT2D eigenvalue weighted by molar-refractivity contribution is 1.17. The highest BCUT2D eigenvalue weighted by molar-refractivity contribution is 14.1. The lowest BCUT2D eigenvalue weighted by Crippen LogP contribution is -2.17. The van der Waals surface area contributed by atoms with Crippen molar-refractivity contribution in [3.05, 3.63) is 200 Å². The van der Waals surface area contributed by atoms with Crippen LogP contribution < -0.4 is 21.3 Å². The molecule has 0 atom stereocenters. The predicted molar refractivity (Wildman–Crippen MR) is 257 cm³/mol. The molecule has 0 aromatic heterocycles. The Morgan fingerprint density at radius 1 is 0.321 bits per heavy atom. The van der Waals surface area contributed by atoms with E-state index < -0.39 is 0 Å². The Labute approximate surface area is 351 Å². The zero-order chi connectivity index (χ0) is 38.8. The molecule has 0 aliphatic rings. The normalized spacial score (nSPS) is 10.0. The van der Waals surface area contributed by atoms with E-state index in [0.29, 0.717) is 0 Å². The van der Waals surface area contributed by atoms with E-state index >= 15 is 0 Å². The smallest absolute Gasteiger partial charge is 0.0511 e. The Kier molecular flexibility index (Phi) is 16.8. The largest absolute Gasteiger partial charge is 0.398 e. The fourth-order valence-electron chi connectivity index (χ4n) is 6.36. The van der Waals surface area contributed by atoms with Crippen molar-refractivity contribution in [2.75, 3.05) is 21.3 Å². The number of rotatable bonds is 6. The third-order valence-corrected chi connectivity index (χ3v) is 10.9. The number of hydrogen-bond acceptors (Lipinski definition) is 4. The zero-order valence-electron chi connectivity index (χ0n) is 32.4. The van der Waals surface area contributed by atoms with Gasteiger partial charge in [0.15, 0.2) is 0 Å². The third kappa shape index (κ3) is 10.6. The molecule has 290 valence electrons. The molecule has 0 radical (unpaired) electrons. The van der Waals surface area contributed by atoms with Gasteiger partial charge in [0.05, 0.1) is 11.4 Å². The molecule has 7 aromatic rings. The first-order chi connectivity index (χ1) is 26.0. The molecule has 0 saturated carbocycles. The summed E-state index contributed by atoms with van der Waals surface area (Å²) in [5.41, 5.74) is 28.2. The molecule has 56 heavy (non-hydrogen) atoms. The van der Waals surface area contributed by atoms with Crippen molar-refractivity contribution < 1.29 is 0 Å². The maximum absolute atomic E-state index is 5.54. The van der Waals surface area contributed by atoms with E-state index in [4.69, 9.17) is 11.5 Å². The topological polar surface area (TPSA) is 58.5 Å². The van der Waals surface area contributed by atoms with E-state index in [0.717, 1.165) is 16.9 Å². The van der Waals surface area contributed by atoms with E-state index in [1.807, 2.05) is 25.1 Å². The number of benzene rings is 7. The lowest BCUT2D eigenvalue weighted by atomic mass is 10.0. The van der Waals surface area contributed by atoms with Crippen LogP contribution in [0.25, 0.3) is 0 Å². The van der Waals surface area contributed by atoms with Gasteiger partial charge in [0.2, 0.25) is 0 Å². The standard InChI is InChI=1S/C35H34N2.C7H7I.C7H10N2.2CH4/c1-25-15-6-10-19-30(25)36(31-20-11-7-16-26(31)2)34-23-14-24-35(29(34)5)37(32-21-12-8-17-27(32)3)33-22-13-9-18-28(33)4;1-6-4-2-3-5-7(6)8;1-5-6(8)3-2-4-7(5)9;;/h6-24H,1-5H3;2-5H,1H3;2-4H,8-9H2,1H3;2*1H4. The van der Waals surface area contributed by atoms with Gasteiger partial charge in [-0.3, -0.25) is 0 Å². The van der Waals surface area contributed by atoms with Gasteiger partial charge < -0.3 is 21.3 Å². The second-order valence-corrected chi connectivity index (χ2v) is 14.7. The molecule has 0 fully saturated rings. The van der Waals surface area contributed by atoms with Crippen molar-refractivity contribution >= 4 is 68.1 Å². The molecule has 0 amide bonds. The van der Waals surface area contributed by atoms with Crippen LogP contribution in [0.4, 0.5) is 45.5 Å². The van der Waals surface area contributed by atoms with Crippen LogP contribution in [0.3, 0.4) is 0 Å². The first-order valence-corrected chi connectivity index (χ1v) is 19.3. The van der Waals surface area contributed by atoms with Crippen LogP contribution in [-0.2, 0) is 0 Å². The van der Waals surface area contributed by atoms with E-state index in [1.165, 1.54) is 71.1 Å². The Bertz CT molecular complexity index is 2080. The van der Waals surface area contributed by atoms with Gasteiger partial charge in [0, 0.05) is 37.7 Å². The number of anilines is 8. The second-order valence-electron chi connectivity index (χ2n) is 13.5. The summed E-state index contributed by atoms with van der Waals surface area (Å²) in [5.74, 6) is 0. The van der Waals surface area contributed by atoms with E-state index in [1.54, 1.807) is 0 Å². The molecule has 0 bridgehead atoms. The summed E-state index contributed by atoms with van der Waals surface area (Å²) in [6.07, 6.45) is 0. The fraction of sp³-hybridized carbons (Fsp3) is 0.176. The lowest BCUT2D eigenvalue weighted by Gasteiger charge is -2.34. The maximum Gasteiger partial charge on any atom is 0.0511 e. The van der Waals surface area contributed by atoms with Gasteiger partial charge in [0.25, 0.3) is 0 Å². The summed E-state index contributed by atoms with van der Waals surface area (Å²) < 4.78 is 1.34. The van der Waals surface area contributed by atoms with Crippen molar-refractivity contribution in [3.8, 4) is 0 Å². The van der Waals surface area contributed by atoms with Crippen LogP contribution >= 0.6 is 22.6 Å². The molecular formula is C51H59IN4. The maximum atomic E-state index is 5.54. The number of hydrogen-bond donors (Lipinski definition) is 2. The summed E-state index contributed by atoms with van der Waals surface area (Å²) in [6.45, 7) is 15.0. The Balaban J connectivity index is 0.000000365. The molecule has 5 heteroatoms. The van der Waals surface area contributed by atoms with Gasteiger partial charge >= 0.3 is 0 Å². The number of nitrogens with zero attached hydrogens (tertiary/aromatic N) is 2. The average Bonchev–Trinajstić information content (AvgIpc) is 3.16. The quantitative estimate of drug-likeness (QED) is 0.129. The highest BCUT2D eigenvalue weighted by atomic mass is 127. The Hall–Kier alpha value is -5.53. The SMILES string of the molecule is C.C.Cc1c(N)cccc1N.Cc1ccccc1I.Cc1ccccc1N(c1ccccc1C)c1cccc(N(c2ccccc2C)c2ccccc2C)c1C. The third-order valence-electron chi connectivity index (χ3n) is 9.68. The molecule has 0 unspecified atom stereocenters. The van der Waals surface area contributed by atoms with Crippen LogP contribution in [0.15, 0.2) is 158 Å². The van der Waals surface area contributed by atoms with Crippen LogP contribution in [0.1, 0.15) is 53.8 Å². The molecule has 7 rings (SSSR count). The highest BCUT2D eigenvalue weighted by Gasteiger charge is 2.23. The van der Waals surface area contributed by atoms with Crippen molar-refractivity contribution in [1.82, 2.24) is 0 Å². The molecular weight excluding hydrogens is 795 g/mol. The molecule has 4 N–H and O–H groups in total. The van der Waals surface area contributed by atoms with Crippen LogP contribution in [0.2, 0.25) is 0 Å². The molecule has 0 saturated heterocycles. The van der Waals surface area contributed by atoms with Gasteiger partial charge in [-0.25, -0.2) is 0 Å². The number of nitrogens with two attached hydrogens (primary N) is 2. The minimum atomic E-state index is 0. The van der Waals surface area contributed by atoms with Crippen LogP contribution in [0.5, 0.6) is 0 Å². The summed E-state index contributed by atoms with van der Waals surface area (Å²) in [6, 6.07) is 55.1. The van der Waals surface area contributed by atoms with Gasteiger partial charge in [-0.05, 0) is 165 Å². The number of nitrogen functional groups attached to an aromatic ring is 2. The van der Waals surface area contributed by atoms with E-state index in [2.05, 4.69) is 213 Å². The van der Waals surface area contributed by atoms with Crippen molar-refractivity contribution in [3.63, 3.8) is 0 Å². The minimum absolute atomic E-state index is 0. The van der Waals surface area contributed by atoms with E-state index in [9.17, 15) is 0 Å². The number of aryl methyl sites for hydroxylation is 5. The number of para-hydroxylation sites is 4. The van der Waals surface area contributed by atoms with Gasteiger partial charge in [-0.1, -0.05) is 118 Å². The number of halogens is 1. The molecule has 0 spiro atoms. The first-order valence-electron chi connectivity index (χ1n) is 18.2. The van der Waals surface area contributed by atoms with Gasteiger partial charge in [0.1, 0.15) is 0 Å². The first kappa shape index (κ1) is 44.9. The summed E-state index contributed by atoms with van der Waals surface area (Å²) >= 11 is 2.32. The highest BCUT2D eigenvalue weighted by Crippen LogP contribution is 2.46. The fourth-order valence-corrected chi connectivity index (χ4v) is 6.74. The Morgan fingerprint density at radius 3 is 0.857 bits per heavy atom. The molecule has 4 nitrogen and oxygen atoms in total. The molecule has 0 aliphatic carbocycles. The summed E-state index contributed by atoms with van der Waals surface area (Å²) in [5, 5.41) is 0. The summed E-state index contributed by atoms with van der Waals surface area (Å²) in [4.78, 5) is 4.83. The van der Waals surface area contributed by atoms with Crippen molar-refractivity contribution in [1.29, 1.82) is 0 Å². The summed E-state index contributed by atoms with van der Waals surface area (Å²) in [7, 11) is 0. The average molecular weight is 855 g/mol. The van der Waals surface area contributed by atoms with Crippen LogP contribution in [-0.4, -0.2) is 0 Å². The molecule has 0 aliphatic heterocycles. The Morgan fingerprint density at radius 2 is 0.589 bits per heavy atom. The predicted octanol–water partition coefficient (Wildman–Crippen LogP) is 15.2. The minimum Gasteiger partial charge on any atom is -0.398 e. The van der Waals surface area contributed by atoms with Gasteiger partial charge in [-0.15, -0.1) is 0 Å². The van der Waals surface area contributed by atoms with Crippen molar-refractivity contribution in [2.45, 2.75) is 63.3 Å². The van der Waals surface area contributed by atoms with Crippen LogP contribution in [0, 0.1) is 52.0 Å². The molecule has 7 aromatic carbocycles. The second kappa shape index (κ2) is 21.0. The van der Waals surface area contributed by atoms with Gasteiger partial charge in [-0.2, -0.15) is 0 Å². The van der Waals surface area contributed by atoms with E-state index in [-0.39, 0.29) is 14.9 Å². The molecule has 0 heterocycles. The monoisotopic (exact) mass is 854 g/mol. The van der Waals surface area contributed by atoms with Crippen molar-refractivity contribution in [2.24, 2.45) is 0 Å².